The molecule has 0 aromatic carbocycles. The van der Waals surface area contributed by atoms with E-state index in [0.29, 0.717) is 11.3 Å². The predicted molar refractivity (Wildman–Crippen MR) is 38.0 cm³/mol. The fourth-order valence-corrected chi connectivity index (χ4v) is 1.01. The Kier molecular flexibility index (Phi) is 1.50. The van der Waals surface area contributed by atoms with Crippen molar-refractivity contribution in [2.24, 2.45) is 11.3 Å². The molecular weight excluding hydrogens is 130 g/mol. The maximum absolute atomic E-state index is 9.86. The van der Waals surface area contributed by atoms with Crippen molar-refractivity contribution in [3.8, 4) is 0 Å². The van der Waals surface area contributed by atoms with Crippen LogP contribution in [0.4, 0.5) is 0 Å². The fraction of sp³-hybridized carbons (Fsp3) is 0.714. The van der Waals surface area contributed by atoms with Crippen molar-refractivity contribution in [2.75, 3.05) is 0 Å². The summed E-state index contributed by atoms with van der Waals surface area (Å²) >= 11 is 0. The van der Waals surface area contributed by atoms with Crippen LogP contribution >= 0.6 is 0 Å². The number of hydrogen-bond acceptors (Lipinski definition) is 2. The van der Waals surface area contributed by atoms with Crippen molar-refractivity contribution in [3.05, 3.63) is 22.4 Å². The van der Waals surface area contributed by atoms with Crippen LogP contribution in [0.5, 0.6) is 0 Å². The normalized spacial score (nSPS) is 28.8. The Balaban J connectivity index is 2.37. The van der Waals surface area contributed by atoms with E-state index in [1.165, 1.54) is 0 Å². The minimum absolute atomic E-state index is 0.312. The summed E-state index contributed by atoms with van der Waals surface area (Å²) in [6.45, 7) is 4.23. The minimum Gasteiger partial charge on any atom is -0.259 e. The maximum atomic E-state index is 9.86. The summed E-state index contributed by atoms with van der Waals surface area (Å²) < 4.78 is 0. The molecule has 1 unspecified atom stereocenters. The molecule has 0 amide bonds. The van der Waals surface area contributed by atoms with E-state index in [1.807, 2.05) is 0 Å². The summed E-state index contributed by atoms with van der Waals surface area (Å²) in [5, 5.41) is 9.86. The molecule has 3 heteroatoms. The van der Waals surface area contributed by atoms with Crippen molar-refractivity contribution in [1.29, 1.82) is 0 Å². The van der Waals surface area contributed by atoms with Crippen molar-refractivity contribution < 1.29 is 4.92 Å². The number of nitro groups is 1. The molecule has 10 heavy (non-hydrogen) atoms. The summed E-state index contributed by atoms with van der Waals surface area (Å²) in [5.74, 6) is 0.429. The topological polar surface area (TPSA) is 43.1 Å². The van der Waals surface area contributed by atoms with Gasteiger partial charge in [-0.1, -0.05) is 13.8 Å². The van der Waals surface area contributed by atoms with Gasteiger partial charge in [-0.15, -0.1) is 0 Å². The molecule has 3 nitrogen and oxygen atoms in total. The van der Waals surface area contributed by atoms with Crippen LogP contribution < -0.4 is 0 Å². The second-order valence-electron chi connectivity index (χ2n) is 3.43. The van der Waals surface area contributed by atoms with Gasteiger partial charge in [0, 0.05) is 0 Å². The quantitative estimate of drug-likeness (QED) is 0.435. The third-order valence-corrected chi connectivity index (χ3v) is 2.03. The molecule has 1 atom stereocenters. The zero-order valence-electron chi connectivity index (χ0n) is 6.20. The molecule has 0 aromatic rings. The Bertz CT molecular complexity index is 184. The molecule has 0 spiro atoms. The Morgan fingerprint density at radius 1 is 1.70 bits per heavy atom. The molecular formula is C7H11NO2. The van der Waals surface area contributed by atoms with Gasteiger partial charge >= 0.3 is 0 Å². The van der Waals surface area contributed by atoms with Crippen LogP contribution in [0.3, 0.4) is 0 Å². The molecule has 0 aliphatic heterocycles. The lowest BCUT2D eigenvalue weighted by Crippen LogP contribution is -1.88. The highest BCUT2D eigenvalue weighted by molar-refractivity contribution is 5.05. The van der Waals surface area contributed by atoms with E-state index in [4.69, 9.17) is 0 Å². The van der Waals surface area contributed by atoms with Crippen LogP contribution in [0.15, 0.2) is 12.3 Å². The first kappa shape index (κ1) is 7.25. The summed E-state index contributed by atoms with van der Waals surface area (Å²) in [5.41, 5.74) is 0.312. The zero-order chi connectivity index (χ0) is 7.78. The van der Waals surface area contributed by atoms with Crippen molar-refractivity contribution in [1.82, 2.24) is 0 Å². The predicted octanol–water partition coefficient (Wildman–Crippen LogP) is 1.82. The number of nitrogens with zero attached hydrogens (tertiary/aromatic N) is 1. The zero-order valence-corrected chi connectivity index (χ0v) is 6.20. The van der Waals surface area contributed by atoms with Gasteiger partial charge in [0.05, 0.1) is 4.92 Å². The summed E-state index contributed by atoms with van der Waals surface area (Å²) in [6, 6.07) is 0. The standard InChI is InChI=1S/C7H11NO2/c1-7(2)5-6(7)3-4-8(9)10/h3-4,6H,5H2,1-2H3/b4-3+. The molecule has 1 rings (SSSR count). The first-order valence-corrected chi connectivity index (χ1v) is 3.34. The average molecular weight is 141 g/mol. The van der Waals surface area contributed by atoms with E-state index >= 15 is 0 Å². The Morgan fingerprint density at radius 2 is 2.20 bits per heavy atom. The number of hydrogen-bond donors (Lipinski definition) is 0. The van der Waals surface area contributed by atoms with Crippen molar-refractivity contribution in [2.45, 2.75) is 20.3 Å². The molecule has 0 heterocycles. The van der Waals surface area contributed by atoms with Crippen LogP contribution in [0.25, 0.3) is 0 Å². The van der Waals surface area contributed by atoms with E-state index in [0.717, 1.165) is 12.6 Å². The Labute approximate surface area is 59.9 Å². The van der Waals surface area contributed by atoms with Crippen LogP contribution in [0, 0.1) is 21.4 Å². The smallest absolute Gasteiger partial charge is 0.230 e. The highest BCUT2D eigenvalue weighted by Crippen LogP contribution is 2.52. The van der Waals surface area contributed by atoms with Gasteiger partial charge in [0.25, 0.3) is 0 Å². The van der Waals surface area contributed by atoms with Gasteiger partial charge in [-0.05, 0) is 23.8 Å². The molecule has 1 fully saturated rings. The monoisotopic (exact) mass is 141 g/mol. The van der Waals surface area contributed by atoms with E-state index in [2.05, 4.69) is 13.8 Å². The fourth-order valence-electron chi connectivity index (χ4n) is 1.01. The lowest BCUT2D eigenvalue weighted by molar-refractivity contribution is -0.402. The third kappa shape index (κ3) is 1.56. The molecule has 0 radical (unpaired) electrons. The summed E-state index contributed by atoms with van der Waals surface area (Å²) in [7, 11) is 0. The largest absolute Gasteiger partial charge is 0.259 e. The molecule has 1 aliphatic rings. The second-order valence-corrected chi connectivity index (χ2v) is 3.43. The van der Waals surface area contributed by atoms with Crippen molar-refractivity contribution in [3.63, 3.8) is 0 Å². The molecule has 0 N–H and O–H groups in total. The second kappa shape index (κ2) is 2.08. The Morgan fingerprint density at radius 3 is 2.50 bits per heavy atom. The van der Waals surface area contributed by atoms with E-state index in [1.54, 1.807) is 6.08 Å². The van der Waals surface area contributed by atoms with Crippen molar-refractivity contribution >= 4 is 0 Å². The first-order chi connectivity index (χ1) is 4.52. The Hall–Kier alpha value is -0.860. The van der Waals surface area contributed by atoms with Crippen LogP contribution in [-0.2, 0) is 0 Å². The SMILES string of the molecule is CC1(C)CC1/C=C/[N+](=O)[O-]. The molecule has 1 aliphatic carbocycles. The van der Waals surface area contributed by atoms with Gasteiger partial charge in [-0.25, -0.2) is 0 Å². The first-order valence-electron chi connectivity index (χ1n) is 3.34. The van der Waals surface area contributed by atoms with Crippen LogP contribution in [-0.4, -0.2) is 4.92 Å². The number of rotatable bonds is 2. The van der Waals surface area contributed by atoms with Crippen LogP contribution in [0.2, 0.25) is 0 Å². The van der Waals surface area contributed by atoms with Crippen LogP contribution in [0.1, 0.15) is 20.3 Å². The molecule has 0 bridgehead atoms. The highest BCUT2D eigenvalue weighted by Gasteiger charge is 2.44. The van der Waals surface area contributed by atoms with E-state index in [9.17, 15) is 10.1 Å². The third-order valence-electron chi connectivity index (χ3n) is 2.03. The van der Waals surface area contributed by atoms with E-state index in [-0.39, 0.29) is 0 Å². The van der Waals surface area contributed by atoms with Gasteiger partial charge in [-0.3, -0.25) is 10.1 Å². The minimum atomic E-state index is -0.408. The van der Waals surface area contributed by atoms with Gasteiger partial charge in [0.1, 0.15) is 0 Å². The van der Waals surface area contributed by atoms with Gasteiger partial charge in [0.15, 0.2) is 0 Å². The molecule has 56 valence electrons. The van der Waals surface area contributed by atoms with Gasteiger partial charge < -0.3 is 0 Å². The van der Waals surface area contributed by atoms with Gasteiger partial charge in [0.2, 0.25) is 6.20 Å². The average Bonchev–Trinajstić information content (AvgIpc) is 2.35. The maximum Gasteiger partial charge on any atom is 0.230 e. The highest BCUT2D eigenvalue weighted by atomic mass is 16.6. The van der Waals surface area contributed by atoms with E-state index < -0.39 is 4.92 Å². The van der Waals surface area contributed by atoms with Gasteiger partial charge in [-0.2, -0.15) is 0 Å². The number of allylic oxidation sites excluding steroid dienone is 1. The summed E-state index contributed by atoms with van der Waals surface area (Å²) in [6.07, 6.45) is 3.80. The lowest BCUT2D eigenvalue weighted by Gasteiger charge is -1.93. The summed E-state index contributed by atoms with van der Waals surface area (Å²) in [4.78, 5) is 9.45. The molecule has 0 aromatic heterocycles. The molecule has 1 saturated carbocycles. The molecule has 0 saturated heterocycles. The lowest BCUT2D eigenvalue weighted by atomic mass is 10.1.